The molecular formula is C42H55F2N7O7S2. The van der Waals surface area contributed by atoms with Crippen LogP contribution in [0.25, 0.3) is 0 Å². The van der Waals surface area contributed by atoms with Crippen molar-refractivity contribution in [2.45, 2.75) is 61.4 Å². The van der Waals surface area contributed by atoms with Crippen molar-refractivity contribution < 1.29 is 39.9 Å². The monoisotopic (exact) mass is 871 g/mol. The average molecular weight is 872 g/mol. The molecule has 0 bridgehead atoms. The minimum absolute atomic E-state index is 0.00296. The van der Waals surface area contributed by atoms with Gasteiger partial charge in [-0.25, -0.2) is 35.4 Å². The Balaban J connectivity index is 0.969. The second-order valence-corrected chi connectivity index (χ2v) is 20.6. The normalized spacial score (nSPS) is 23.6. The van der Waals surface area contributed by atoms with E-state index in [0.717, 1.165) is 75.0 Å². The van der Waals surface area contributed by atoms with E-state index < -0.39 is 43.2 Å². The number of piperidine rings is 2. The molecule has 2 N–H and O–H groups in total. The molecule has 4 heterocycles. The summed E-state index contributed by atoms with van der Waals surface area (Å²) >= 11 is 0. The number of alkyl carbamates (subject to hydrolysis) is 1. The molecule has 3 saturated heterocycles. The van der Waals surface area contributed by atoms with Crippen molar-refractivity contribution in [2.24, 2.45) is 23.7 Å². The first-order chi connectivity index (χ1) is 28.7. The van der Waals surface area contributed by atoms with Crippen LogP contribution in [0.15, 0.2) is 77.6 Å². The zero-order chi connectivity index (χ0) is 42.7. The molecule has 4 atom stereocenters. The van der Waals surface area contributed by atoms with Gasteiger partial charge in [-0.3, -0.25) is 4.79 Å². The summed E-state index contributed by atoms with van der Waals surface area (Å²) in [6.45, 7) is 3.85. The predicted molar refractivity (Wildman–Crippen MR) is 222 cm³/mol. The smallest absolute Gasteiger partial charge is 0.407 e. The molecule has 4 aliphatic rings. The molecule has 14 nitrogen and oxygen atoms in total. The summed E-state index contributed by atoms with van der Waals surface area (Å²) in [5.74, 6) is -1.56. The van der Waals surface area contributed by atoms with Gasteiger partial charge in [0.2, 0.25) is 15.9 Å². The number of imidazole rings is 1. The summed E-state index contributed by atoms with van der Waals surface area (Å²) in [4.78, 5) is 33.9. The van der Waals surface area contributed by atoms with Crippen molar-refractivity contribution in [1.29, 1.82) is 0 Å². The number of ether oxygens (including phenoxy) is 1. The maximum absolute atomic E-state index is 15.6. The molecule has 0 spiro atoms. The summed E-state index contributed by atoms with van der Waals surface area (Å²) in [6, 6.07) is 10.7. The first kappa shape index (κ1) is 43.7. The molecule has 2 aromatic carbocycles. The molecule has 1 aromatic heterocycles. The Morgan fingerprint density at radius 2 is 1.75 bits per heavy atom. The summed E-state index contributed by atoms with van der Waals surface area (Å²) in [6.07, 6.45) is 12.6. The Bertz CT molecular complexity index is 2250. The lowest BCUT2D eigenvalue weighted by Gasteiger charge is -2.52. The fourth-order valence-electron chi connectivity index (χ4n) is 10.1. The third-order valence-electron chi connectivity index (χ3n) is 12.9. The van der Waals surface area contributed by atoms with E-state index in [9.17, 15) is 26.4 Å². The highest BCUT2D eigenvalue weighted by Gasteiger charge is 2.53. The topological polar surface area (TPSA) is 163 Å². The molecule has 2 amide bonds. The van der Waals surface area contributed by atoms with E-state index in [1.54, 1.807) is 18.3 Å². The third kappa shape index (κ3) is 9.40. The van der Waals surface area contributed by atoms with Crippen LogP contribution in [0.5, 0.6) is 0 Å². The zero-order valence-corrected chi connectivity index (χ0v) is 35.7. The number of methoxy groups -OCH3 is 1. The largest absolute Gasteiger partial charge is 0.453 e. The van der Waals surface area contributed by atoms with E-state index in [2.05, 4.69) is 25.1 Å². The number of hydrogen-bond acceptors (Lipinski definition) is 10. The van der Waals surface area contributed by atoms with Crippen LogP contribution in [0, 0.1) is 35.3 Å². The summed E-state index contributed by atoms with van der Waals surface area (Å²) in [5, 5.41) is 6.73. The number of likely N-dealkylation sites (tertiary alicyclic amines) is 1. The number of hydrogen-bond donors (Lipinski definition) is 2. The molecule has 1 saturated carbocycles. The van der Waals surface area contributed by atoms with Crippen LogP contribution in [0.2, 0.25) is 0 Å². The van der Waals surface area contributed by atoms with E-state index in [4.69, 9.17) is 4.74 Å². The maximum atomic E-state index is 15.6. The van der Waals surface area contributed by atoms with Gasteiger partial charge in [0.15, 0.2) is 9.84 Å². The van der Waals surface area contributed by atoms with Crippen molar-refractivity contribution in [2.75, 3.05) is 70.6 Å². The van der Waals surface area contributed by atoms with Gasteiger partial charge in [0, 0.05) is 81.2 Å². The first-order valence-electron chi connectivity index (χ1n) is 20.7. The number of carbonyl (C=O) groups is 2. The average Bonchev–Trinajstić information content (AvgIpc) is 3.92. The molecular weight excluding hydrogens is 817 g/mol. The van der Waals surface area contributed by atoms with Gasteiger partial charge in [-0.2, -0.15) is 4.31 Å². The van der Waals surface area contributed by atoms with Crippen LogP contribution in [0.3, 0.4) is 0 Å². The van der Waals surface area contributed by atoms with E-state index in [1.807, 2.05) is 23.5 Å². The Labute approximate surface area is 351 Å². The van der Waals surface area contributed by atoms with Crippen molar-refractivity contribution >= 4 is 37.5 Å². The fraction of sp³-hybridized carbons (Fsp3) is 0.548. The standard InChI is InChI=1S/C42H55F2N7O7S2/c1-58-41(53)47-38-11-4-10-36(38)42(50-21-17-45-29-50,33-8-3-9-34(43)23-33)32-14-19-48(20-15-32)25-30-26-49(27-30)39-13-12-35(24-37(39)44)60(56,57)51-18-5-7-31(28-51)40(52)46-16-6-22-59(2,54)55/h3,6,8-9,12-13,17,21-24,29-32,36,38H,4-5,7,10-11,14-16,18-20,25-28H2,1-2H3,(H,46,52)(H,47,53)/b22-6+/t31-,36-,38-,42?/m0/s1. The molecule has 3 aliphatic heterocycles. The van der Waals surface area contributed by atoms with E-state index >= 15 is 8.78 Å². The molecule has 18 heteroatoms. The molecule has 3 aromatic rings. The number of halogens is 2. The number of anilines is 1. The van der Waals surface area contributed by atoms with Crippen LogP contribution < -0.4 is 15.5 Å². The molecule has 4 fully saturated rings. The lowest BCUT2D eigenvalue weighted by atomic mass is 9.64. The Morgan fingerprint density at radius 3 is 2.43 bits per heavy atom. The van der Waals surface area contributed by atoms with Crippen molar-refractivity contribution in [3.63, 3.8) is 0 Å². The van der Waals surface area contributed by atoms with Gasteiger partial charge in [0.25, 0.3) is 0 Å². The Morgan fingerprint density at radius 1 is 0.967 bits per heavy atom. The Kier molecular flexibility index (Phi) is 13.3. The van der Waals surface area contributed by atoms with Gasteiger partial charge in [-0.15, -0.1) is 0 Å². The second-order valence-electron chi connectivity index (χ2n) is 16.7. The van der Waals surface area contributed by atoms with Crippen LogP contribution in [-0.4, -0.2) is 119 Å². The van der Waals surface area contributed by atoms with Gasteiger partial charge in [0.05, 0.1) is 35.5 Å². The van der Waals surface area contributed by atoms with Crippen molar-refractivity contribution in [3.8, 4) is 0 Å². The molecule has 1 aliphatic carbocycles. The molecule has 7 rings (SSSR count). The number of nitrogens with zero attached hydrogens (tertiary/aromatic N) is 5. The lowest BCUT2D eigenvalue weighted by Crippen LogP contribution is -2.57. The number of aromatic nitrogens is 2. The highest BCUT2D eigenvalue weighted by molar-refractivity contribution is 7.93. The number of benzene rings is 2. The number of carbonyl (C=O) groups excluding carboxylic acids is 2. The molecule has 326 valence electrons. The van der Waals surface area contributed by atoms with Gasteiger partial charge < -0.3 is 29.7 Å². The number of rotatable bonds is 14. The van der Waals surface area contributed by atoms with E-state index in [-0.39, 0.29) is 60.0 Å². The van der Waals surface area contributed by atoms with Crippen LogP contribution in [-0.2, 0) is 34.9 Å². The van der Waals surface area contributed by atoms with Crippen LogP contribution in [0.4, 0.5) is 19.3 Å². The van der Waals surface area contributed by atoms with E-state index in [1.165, 1.54) is 35.7 Å². The molecule has 60 heavy (non-hydrogen) atoms. The quantitative estimate of drug-likeness (QED) is 0.238. The van der Waals surface area contributed by atoms with Gasteiger partial charge in [-0.1, -0.05) is 24.6 Å². The van der Waals surface area contributed by atoms with Gasteiger partial charge in [0.1, 0.15) is 11.6 Å². The number of nitrogens with one attached hydrogen (secondary N) is 2. The van der Waals surface area contributed by atoms with Crippen molar-refractivity contribution in [3.05, 3.63) is 89.9 Å². The molecule has 0 radical (unpaired) electrons. The highest BCUT2D eigenvalue weighted by Crippen LogP contribution is 2.51. The van der Waals surface area contributed by atoms with Gasteiger partial charge in [-0.05, 0) is 93.4 Å². The summed E-state index contributed by atoms with van der Waals surface area (Å²) in [7, 11) is -6.04. The number of amides is 2. The summed E-state index contributed by atoms with van der Waals surface area (Å²) < 4.78 is 88.8. The Hall–Kier alpha value is -4.39. The minimum Gasteiger partial charge on any atom is -0.453 e. The molecule has 1 unspecified atom stereocenters. The van der Waals surface area contributed by atoms with Crippen LogP contribution in [0.1, 0.15) is 50.5 Å². The van der Waals surface area contributed by atoms with Crippen molar-refractivity contribution in [1.82, 2.24) is 29.4 Å². The predicted octanol–water partition coefficient (Wildman–Crippen LogP) is 4.35. The minimum atomic E-state index is -4.07. The van der Waals surface area contributed by atoms with Crippen LogP contribution >= 0.6 is 0 Å². The maximum Gasteiger partial charge on any atom is 0.407 e. The SMILES string of the molecule is COC(=O)N[C@H]1CCC[C@@H]1C(c1cccc(F)c1)(C1CCN(CC2CN(c3ccc(S(=O)(=O)N4CCC[C@H](C(=O)NC/C=C/S(C)(=O)=O)C4)cc3F)C2)CC1)n1ccnc1. The lowest BCUT2D eigenvalue weighted by molar-refractivity contribution is -0.125. The fourth-order valence-corrected chi connectivity index (χ4v) is 12.1. The number of sulfone groups is 1. The first-order valence-corrected chi connectivity index (χ1v) is 24.1. The summed E-state index contributed by atoms with van der Waals surface area (Å²) in [5.41, 5.74) is 0.538. The second kappa shape index (κ2) is 18.3. The third-order valence-corrected chi connectivity index (χ3v) is 15.4. The van der Waals surface area contributed by atoms with E-state index in [0.29, 0.717) is 31.6 Å². The number of sulfonamides is 1. The zero-order valence-electron chi connectivity index (χ0n) is 34.1. The highest BCUT2D eigenvalue weighted by atomic mass is 32.2. The van der Waals surface area contributed by atoms with Gasteiger partial charge >= 0.3 is 6.09 Å².